The molecule has 1 aromatic carbocycles. The summed E-state index contributed by atoms with van der Waals surface area (Å²) in [7, 11) is 0. The quantitative estimate of drug-likeness (QED) is 0.463. The minimum Gasteiger partial charge on any atom is -0.282 e. The van der Waals surface area contributed by atoms with E-state index in [4.69, 9.17) is 0 Å². The normalized spacial score (nSPS) is 11.2. The van der Waals surface area contributed by atoms with E-state index >= 15 is 0 Å². The molecule has 0 aliphatic rings. The lowest BCUT2D eigenvalue weighted by atomic mass is 10.1. The largest absolute Gasteiger partial charge is 0.282 e. The summed E-state index contributed by atoms with van der Waals surface area (Å²) < 4.78 is 2.19. The molecule has 3 heterocycles. The molecular weight excluding hydrogens is 361 g/mol. The van der Waals surface area contributed by atoms with Gasteiger partial charge in [0, 0.05) is 35.6 Å². The molecule has 3 nitrogen and oxygen atoms in total. The fourth-order valence-corrected chi connectivity index (χ4v) is 3.36. The van der Waals surface area contributed by atoms with Gasteiger partial charge in [0.15, 0.2) is 0 Å². The smallest absolute Gasteiger partial charge is 0.0646 e. The maximum Gasteiger partial charge on any atom is 0.0646 e. The van der Waals surface area contributed by atoms with E-state index in [9.17, 15) is 0 Å². The highest BCUT2D eigenvalue weighted by Gasteiger charge is 2.09. The second-order valence-electron chi connectivity index (χ2n) is 4.64. The summed E-state index contributed by atoms with van der Waals surface area (Å²) in [6.45, 7) is 0. The Labute approximate surface area is 129 Å². The molecule has 0 aliphatic heterocycles. The third kappa shape index (κ3) is 1.71. The summed E-state index contributed by atoms with van der Waals surface area (Å²) >= 11 is 2.34. The minimum absolute atomic E-state index is 1.18. The van der Waals surface area contributed by atoms with Crippen molar-refractivity contribution in [1.82, 2.24) is 12.7 Å². The first-order valence-corrected chi connectivity index (χ1v) is 7.26. The van der Waals surface area contributed by atoms with Crippen LogP contribution in [0.25, 0.3) is 32.9 Å². The molecule has 0 atom stereocenters. The van der Waals surface area contributed by atoms with Gasteiger partial charge in [0.1, 0.15) is 0 Å². The summed E-state index contributed by atoms with van der Waals surface area (Å²) in [6.07, 6.45) is 7.41. The van der Waals surface area contributed by atoms with E-state index in [0.29, 0.717) is 0 Å². The van der Waals surface area contributed by atoms with Crippen LogP contribution in [0.15, 0.2) is 61.2 Å². The van der Waals surface area contributed by atoms with Crippen LogP contribution >= 0.6 is 22.9 Å². The Kier molecular flexibility index (Phi) is 2.70. The second kappa shape index (κ2) is 4.56. The van der Waals surface area contributed by atoms with Gasteiger partial charge in [0.2, 0.25) is 0 Å². The first-order valence-electron chi connectivity index (χ1n) is 6.29. The molecule has 0 N–H and O–H groups in total. The molecule has 4 aromatic rings. The zero-order chi connectivity index (χ0) is 13.5. The number of hydrogen-bond donors (Lipinski definition) is 0. The van der Waals surface area contributed by atoms with Crippen LogP contribution in [0.2, 0.25) is 0 Å². The summed E-state index contributed by atoms with van der Waals surface area (Å²) in [5, 5.41) is 2.43. The lowest BCUT2D eigenvalue weighted by Crippen LogP contribution is -1.81. The average Bonchev–Trinajstić information content (AvgIpc) is 2.81. The number of hydrogen-bond acceptors (Lipinski definition) is 2. The molecule has 96 valence electrons. The van der Waals surface area contributed by atoms with Crippen molar-refractivity contribution in [3.8, 4) is 11.1 Å². The van der Waals surface area contributed by atoms with Crippen molar-refractivity contribution in [1.29, 1.82) is 0 Å². The van der Waals surface area contributed by atoms with Crippen molar-refractivity contribution in [2.75, 3.05) is 0 Å². The van der Waals surface area contributed by atoms with Gasteiger partial charge in [-0.1, -0.05) is 12.1 Å². The topological polar surface area (TPSA) is 30.7 Å². The molecule has 0 unspecified atom stereocenters. The number of rotatable bonds is 1. The van der Waals surface area contributed by atoms with Gasteiger partial charge < -0.3 is 0 Å². The van der Waals surface area contributed by atoms with Gasteiger partial charge in [-0.2, -0.15) is 0 Å². The molecule has 3 aromatic heterocycles. The predicted octanol–water partition coefficient (Wildman–Crippen LogP) is 4.45. The molecule has 4 heteroatoms. The van der Waals surface area contributed by atoms with E-state index in [0.717, 1.165) is 0 Å². The molecule has 0 spiro atoms. The highest BCUT2D eigenvalue weighted by Crippen LogP contribution is 2.33. The number of fused-ring (bicyclic) bond motifs is 3. The Morgan fingerprint density at radius 3 is 2.40 bits per heavy atom. The number of halogens is 1. The van der Waals surface area contributed by atoms with Crippen molar-refractivity contribution in [2.24, 2.45) is 0 Å². The van der Waals surface area contributed by atoms with E-state index in [1.165, 1.54) is 32.9 Å². The van der Waals surface area contributed by atoms with Crippen molar-refractivity contribution in [2.45, 2.75) is 0 Å². The molecule has 0 fully saturated rings. The highest BCUT2D eigenvalue weighted by molar-refractivity contribution is 14.1. The number of aromatic nitrogens is 3. The van der Waals surface area contributed by atoms with Gasteiger partial charge in [0.25, 0.3) is 0 Å². The van der Waals surface area contributed by atoms with Crippen LogP contribution in [0.3, 0.4) is 0 Å². The van der Waals surface area contributed by atoms with Crippen LogP contribution in [-0.2, 0) is 0 Å². The molecule has 0 saturated carbocycles. The second-order valence-corrected chi connectivity index (χ2v) is 5.61. The summed E-state index contributed by atoms with van der Waals surface area (Å²) in [6, 6.07) is 12.7. The van der Waals surface area contributed by atoms with Crippen LogP contribution in [-0.4, -0.2) is 12.7 Å². The van der Waals surface area contributed by atoms with Gasteiger partial charge in [-0.15, -0.1) is 0 Å². The fraction of sp³-hybridized carbons (Fsp3) is 0. The fourth-order valence-electron chi connectivity index (χ4n) is 2.54. The summed E-state index contributed by atoms with van der Waals surface area (Å²) in [5.74, 6) is 0. The van der Waals surface area contributed by atoms with Crippen molar-refractivity contribution >= 4 is 44.7 Å². The zero-order valence-electron chi connectivity index (χ0n) is 10.5. The third-order valence-corrected chi connectivity index (χ3v) is 4.56. The summed E-state index contributed by atoms with van der Waals surface area (Å²) in [5.41, 5.74) is 4.79. The first-order chi connectivity index (χ1) is 9.84. The molecule has 0 saturated heterocycles. The van der Waals surface area contributed by atoms with E-state index in [1.807, 2.05) is 43.0 Å². The molecule has 0 aliphatic carbocycles. The van der Waals surface area contributed by atoms with E-state index in [-0.39, 0.29) is 0 Å². The zero-order valence-corrected chi connectivity index (χ0v) is 12.7. The third-order valence-electron chi connectivity index (χ3n) is 3.52. The van der Waals surface area contributed by atoms with E-state index < -0.39 is 0 Å². The number of nitrogens with zero attached hydrogens (tertiary/aromatic N) is 3. The number of pyridine rings is 2. The lowest BCUT2D eigenvalue weighted by molar-refractivity contribution is 1.33. The Balaban J connectivity index is 2.05. The summed E-state index contributed by atoms with van der Waals surface area (Å²) in [4.78, 5) is 8.30. The van der Waals surface area contributed by atoms with Crippen molar-refractivity contribution in [3.63, 3.8) is 0 Å². The van der Waals surface area contributed by atoms with Crippen LogP contribution in [0, 0.1) is 0 Å². The van der Waals surface area contributed by atoms with Crippen LogP contribution in [0.4, 0.5) is 0 Å². The SMILES string of the molecule is In1c2ccncc2c2ccc(-c3ccncc3)cc21. The van der Waals surface area contributed by atoms with E-state index in [2.05, 4.69) is 53.8 Å². The minimum atomic E-state index is 1.18. The Bertz CT molecular complexity index is 913. The number of benzene rings is 1. The lowest BCUT2D eigenvalue weighted by Gasteiger charge is -2.02. The predicted molar refractivity (Wildman–Crippen MR) is 89.9 cm³/mol. The molecule has 0 bridgehead atoms. The monoisotopic (exact) mass is 371 g/mol. The maximum absolute atomic E-state index is 4.23. The standard InChI is InChI=1S/C16H10IN3/c17-20-15-5-8-19-10-14(15)13-2-1-12(9-16(13)20)11-3-6-18-7-4-11/h1-10H. The molecule has 0 amide bonds. The maximum atomic E-state index is 4.23. The van der Waals surface area contributed by atoms with Crippen LogP contribution in [0.5, 0.6) is 0 Å². The Morgan fingerprint density at radius 2 is 1.55 bits per heavy atom. The Hall–Kier alpha value is -1.95. The molecule has 4 rings (SSSR count). The van der Waals surface area contributed by atoms with Gasteiger partial charge in [-0.3, -0.25) is 12.7 Å². The van der Waals surface area contributed by atoms with Gasteiger partial charge in [0.05, 0.1) is 33.9 Å². The average molecular weight is 371 g/mol. The first kappa shape index (κ1) is 11.8. The van der Waals surface area contributed by atoms with Gasteiger partial charge in [-0.05, 0) is 35.4 Å². The van der Waals surface area contributed by atoms with Crippen LogP contribution in [0.1, 0.15) is 0 Å². The highest BCUT2D eigenvalue weighted by atomic mass is 127. The van der Waals surface area contributed by atoms with Crippen LogP contribution < -0.4 is 0 Å². The molecule has 0 radical (unpaired) electrons. The molecule has 20 heavy (non-hydrogen) atoms. The Morgan fingerprint density at radius 1 is 0.750 bits per heavy atom. The molecular formula is C16H10IN3. The van der Waals surface area contributed by atoms with Gasteiger partial charge in [-0.25, -0.2) is 0 Å². The van der Waals surface area contributed by atoms with E-state index in [1.54, 1.807) is 0 Å². The van der Waals surface area contributed by atoms with Crippen molar-refractivity contribution < 1.29 is 0 Å². The van der Waals surface area contributed by atoms with Gasteiger partial charge >= 0.3 is 0 Å². The van der Waals surface area contributed by atoms with Crippen molar-refractivity contribution in [3.05, 3.63) is 61.2 Å².